The summed E-state index contributed by atoms with van der Waals surface area (Å²) in [5, 5.41) is 10.8. The SMILES string of the molecule is COc1ccc2nccc([C@@H](F)CC[C@@H]3CCN(CC#Cc4cc(F)cc(Cl)c4)C[C@@H]3C(=O)O)c2c1. The van der Waals surface area contributed by atoms with E-state index in [4.69, 9.17) is 16.3 Å². The Balaban J connectivity index is 1.38. The van der Waals surface area contributed by atoms with Crippen LogP contribution in [0.5, 0.6) is 5.75 Å². The van der Waals surface area contributed by atoms with Gasteiger partial charge in [-0.3, -0.25) is 14.7 Å². The van der Waals surface area contributed by atoms with Gasteiger partial charge in [0.2, 0.25) is 0 Å². The Kier molecular flexibility index (Phi) is 8.40. The third kappa shape index (κ3) is 6.31. The minimum Gasteiger partial charge on any atom is -0.497 e. The molecule has 188 valence electrons. The molecular formula is C28H27ClF2N2O3. The van der Waals surface area contributed by atoms with Gasteiger partial charge in [-0.05, 0) is 79.8 Å². The Hall–Kier alpha value is -3.21. The molecular weight excluding hydrogens is 486 g/mol. The molecule has 1 aliphatic heterocycles. The maximum absolute atomic E-state index is 15.4. The van der Waals surface area contributed by atoms with Gasteiger partial charge in [-0.15, -0.1) is 0 Å². The number of aromatic nitrogens is 1. The lowest BCUT2D eigenvalue weighted by atomic mass is 9.81. The van der Waals surface area contributed by atoms with E-state index in [2.05, 4.69) is 16.8 Å². The number of carboxylic acid groups (broad SMARTS) is 1. The van der Waals surface area contributed by atoms with Gasteiger partial charge >= 0.3 is 5.97 Å². The number of piperidine rings is 1. The number of aliphatic carboxylic acids is 1. The number of carbonyl (C=O) groups is 1. The number of hydrogen-bond donors (Lipinski definition) is 1. The van der Waals surface area contributed by atoms with Gasteiger partial charge in [0, 0.05) is 28.7 Å². The molecule has 8 heteroatoms. The molecule has 4 rings (SSSR count). The minimum atomic E-state index is -1.24. The van der Waals surface area contributed by atoms with E-state index < -0.39 is 23.9 Å². The first-order chi connectivity index (χ1) is 17.3. The Morgan fingerprint density at radius 2 is 2.14 bits per heavy atom. The number of hydrogen-bond acceptors (Lipinski definition) is 4. The molecule has 3 atom stereocenters. The standard InChI is InChI=1S/C28H27ClF2N2O3/c1-36-22-5-7-27-24(16-22)23(8-10-32-27)26(31)6-4-19-9-12-33(17-25(19)28(34)35)11-2-3-18-13-20(29)15-21(30)14-18/h5,7-8,10,13-16,19,25-26H,4,6,9,11-12,17H2,1H3,(H,34,35)/t19-,25+,26+/m1/s1. The van der Waals surface area contributed by atoms with Crippen LogP contribution in [0.15, 0.2) is 48.7 Å². The zero-order valence-corrected chi connectivity index (χ0v) is 20.6. The van der Waals surface area contributed by atoms with E-state index in [1.54, 1.807) is 43.6 Å². The van der Waals surface area contributed by atoms with Gasteiger partial charge < -0.3 is 9.84 Å². The number of pyridine rings is 1. The molecule has 1 aromatic heterocycles. The van der Waals surface area contributed by atoms with E-state index in [9.17, 15) is 14.3 Å². The average molecular weight is 513 g/mol. The maximum Gasteiger partial charge on any atom is 0.308 e. The van der Waals surface area contributed by atoms with E-state index in [1.165, 1.54) is 12.1 Å². The van der Waals surface area contributed by atoms with Gasteiger partial charge in [-0.2, -0.15) is 0 Å². The molecule has 0 aliphatic carbocycles. The predicted octanol–water partition coefficient (Wildman–Crippen LogP) is 5.90. The van der Waals surface area contributed by atoms with Crippen molar-refractivity contribution in [2.45, 2.75) is 25.4 Å². The summed E-state index contributed by atoms with van der Waals surface area (Å²) in [4.78, 5) is 18.3. The Bertz CT molecular complexity index is 1290. The van der Waals surface area contributed by atoms with E-state index >= 15 is 4.39 Å². The van der Waals surface area contributed by atoms with Crippen LogP contribution < -0.4 is 4.74 Å². The summed E-state index contributed by atoms with van der Waals surface area (Å²) in [6.45, 7) is 1.37. The van der Waals surface area contributed by atoms with Gasteiger partial charge in [0.25, 0.3) is 0 Å². The second kappa shape index (κ2) is 11.7. The lowest BCUT2D eigenvalue weighted by Gasteiger charge is -2.35. The summed E-state index contributed by atoms with van der Waals surface area (Å²) in [5.41, 5.74) is 1.70. The van der Waals surface area contributed by atoms with Crippen molar-refractivity contribution in [3.63, 3.8) is 0 Å². The zero-order valence-electron chi connectivity index (χ0n) is 19.9. The Labute approximate surface area is 214 Å². The summed E-state index contributed by atoms with van der Waals surface area (Å²) >= 11 is 5.86. The fraction of sp³-hybridized carbons (Fsp3) is 0.357. The number of nitrogens with zero attached hydrogens (tertiary/aromatic N) is 2. The van der Waals surface area contributed by atoms with Crippen LogP contribution in [0.4, 0.5) is 8.78 Å². The van der Waals surface area contributed by atoms with Crippen LogP contribution in [-0.2, 0) is 4.79 Å². The van der Waals surface area contributed by atoms with Crippen molar-refractivity contribution >= 4 is 28.5 Å². The average Bonchev–Trinajstić information content (AvgIpc) is 2.86. The summed E-state index contributed by atoms with van der Waals surface area (Å²) in [7, 11) is 1.56. The van der Waals surface area contributed by atoms with Crippen molar-refractivity contribution in [1.29, 1.82) is 0 Å². The second-order valence-corrected chi connectivity index (χ2v) is 9.45. The van der Waals surface area contributed by atoms with Crippen LogP contribution in [-0.4, -0.2) is 47.7 Å². The highest BCUT2D eigenvalue weighted by Gasteiger charge is 2.34. The van der Waals surface area contributed by atoms with Gasteiger partial charge in [0.15, 0.2) is 0 Å². The van der Waals surface area contributed by atoms with Gasteiger partial charge in [-0.1, -0.05) is 23.4 Å². The first-order valence-corrected chi connectivity index (χ1v) is 12.2. The Morgan fingerprint density at radius 3 is 2.89 bits per heavy atom. The lowest BCUT2D eigenvalue weighted by molar-refractivity contribution is -0.146. The molecule has 0 spiro atoms. The number of carboxylic acids is 1. The lowest BCUT2D eigenvalue weighted by Crippen LogP contribution is -2.44. The molecule has 2 heterocycles. The quantitative estimate of drug-likeness (QED) is 0.399. The number of rotatable bonds is 7. The van der Waals surface area contributed by atoms with Crippen molar-refractivity contribution in [3.8, 4) is 17.6 Å². The normalized spacial score (nSPS) is 18.9. The zero-order chi connectivity index (χ0) is 25.7. The van der Waals surface area contributed by atoms with Crippen LogP contribution in [0.1, 0.15) is 36.6 Å². The summed E-state index contributed by atoms with van der Waals surface area (Å²) in [5.74, 6) is 4.42. The number of alkyl halides is 1. The smallest absolute Gasteiger partial charge is 0.308 e. The van der Waals surface area contributed by atoms with Crippen LogP contribution in [0, 0.1) is 29.5 Å². The summed E-state index contributed by atoms with van der Waals surface area (Å²) in [6.07, 6.45) is 1.69. The van der Waals surface area contributed by atoms with Crippen molar-refractivity contribution in [2.75, 3.05) is 26.7 Å². The molecule has 2 aromatic carbocycles. The molecule has 0 bridgehead atoms. The predicted molar refractivity (Wildman–Crippen MR) is 135 cm³/mol. The first kappa shape index (κ1) is 25.9. The second-order valence-electron chi connectivity index (χ2n) is 9.02. The molecule has 1 N–H and O–H groups in total. The maximum atomic E-state index is 15.4. The highest BCUT2D eigenvalue weighted by Crippen LogP contribution is 2.35. The molecule has 0 radical (unpaired) electrons. The van der Waals surface area contributed by atoms with Crippen molar-refractivity contribution in [1.82, 2.24) is 9.88 Å². The van der Waals surface area contributed by atoms with E-state index in [1.807, 2.05) is 4.90 Å². The summed E-state index contributed by atoms with van der Waals surface area (Å²) in [6, 6.07) is 11.1. The molecule has 1 saturated heterocycles. The van der Waals surface area contributed by atoms with Crippen LogP contribution in [0.25, 0.3) is 10.9 Å². The monoisotopic (exact) mass is 512 g/mol. The van der Waals surface area contributed by atoms with Crippen LogP contribution in [0.2, 0.25) is 5.02 Å². The third-order valence-electron chi connectivity index (χ3n) is 6.67. The fourth-order valence-corrected chi connectivity index (χ4v) is 5.00. The van der Waals surface area contributed by atoms with Crippen LogP contribution in [0.3, 0.4) is 0 Å². The van der Waals surface area contributed by atoms with E-state index in [0.29, 0.717) is 60.3 Å². The molecule has 5 nitrogen and oxygen atoms in total. The Morgan fingerprint density at radius 1 is 1.31 bits per heavy atom. The topological polar surface area (TPSA) is 62.7 Å². The van der Waals surface area contributed by atoms with Gasteiger partial charge in [-0.25, -0.2) is 8.78 Å². The third-order valence-corrected chi connectivity index (χ3v) is 6.88. The fourth-order valence-electron chi connectivity index (χ4n) is 4.78. The number of halogens is 3. The highest BCUT2D eigenvalue weighted by molar-refractivity contribution is 6.30. The largest absolute Gasteiger partial charge is 0.497 e. The molecule has 0 saturated carbocycles. The molecule has 0 amide bonds. The number of ether oxygens (including phenoxy) is 1. The molecule has 1 fully saturated rings. The van der Waals surface area contributed by atoms with Crippen molar-refractivity contribution in [2.24, 2.45) is 11.8 Å². The number of benzene rings is 2. The van der Waals surface area contributed by atoms with Gasteiger partial charge in [0.05, 0.1) is 25.1 Å². The highest BCUT2D eigenvalue weighted by atomic mass is 35.5. The van der Waals surface area contributed by atoms with E-state index in [0.717, 1.165) is 0 Å². The van der Waals surface area contributed by atoms with Crippen molar-refractivity contribution < 1.29 is 23.4 Å². The first-order valence-electron chi connectivity index (χ1n) is 11.8. The van der Waals surface area contributed by atoms with E-state index in [-0.39, 0.29) is 17.4 Å². The molecule has 1 aliphatic rings. The van der Waals surface area contributed by atoms with Gasteiger partial charge in [0.1, 0.15) is 17.7 Å². The molecule has 36 heavy (non-hydrogen) atoms. The molecule has 3 aromatic rings. The summed E-state index contributed by atoms with van der Waals surface area (Å²) < 4.78 is 34.1. The minimum absolute atomic E-state index is 0.130. The van der Waals surface area contributed by atoms with Crippen molar-refractivity contribution in [3.05, 3.63) is 70.6 Å². The van der Waals surface area contributed by atoms with Crippen LogP contribution >= 0.6 is 11.6 Å². The number of fused-ring (bicyclic) bond motifs is 1. The number of methoxy groups -OCH3 is 1. The number of likely N-dealkylation sites (tertiary alicyclic amines) is 1. The molecule has 0 unspecified atom stereocenters.